The maximum Gasteiger partial charge on any atom is 0.243 e. The van der Waals surface area contributed by atoms with Gasteiger partial charge in [0.15, 0.2) is 0 Å². The largest absolute Gasteiger partial charge is 0.382 e. The number of sulfonamides is 1. The minimum Gasteiger partial charge on any atom is -0.382 e. The number of hydrogen-bond donors (Lipinski definition) is 1. The first-order chi connectivity index (χ1) is 14.4. The number of hydrogen-bond acceptors (Lipinski definition) is 5. The van der Waals surface area contributed by atoms with E-state index in [1.165, 1.54) is 16.1 Å². The molecule has 1 atom stereocenters. The maximum absolute atomic E-state index is 13.0. The van der Waals surface area contributed by atoms with Crippen LogP contribution in [0.2, 0.25) is 0 Å². The molecule has 0 spiro atoms. The number of piperidine rings is 1. The molecule has 0 aliphatic carbocycles. The number of anilines is 1. The second-order valence-electron chi connectivity index (χ2n) is 7.71. The van der Waals surface area contributed by atoms with Gasteiger partial charge in [0.2, 0.25) is 21.8 Å². The third kappa shape index (κ3) is 4.84. The molecule has 1 fully saturated rings. The summed E-state index contributed by atoms with van der Waals surface area (Å²) in [4.78, 5) is 26.7. The van der Waals surface area contributed by atoms with Crippen molar-refractivity contribution in [2.45, 2.75) is 56.9 Å². The Bertz CT molecular complexity index is 881. The Balaban J connectivity index is 1.76. The van der Waals surface area contributed by atoms with Gasteiger partial charge in [-0.1, -0.05) is 6.42 Å². The molecule has 2 amide bonds. The fraction of sp³-hybridized carbons (Fsp3) is 0.619. The first-order valence-corrected chi connectivity index (χ1v) is 12.1. The standard InChI is InChI=1S/C21H31N3O5S/c1-3-29-13-7-10-22-21(26)20-15-17-14-18(8-9-19(17)24(20)16(2)25)30(27,28)23-11-5-4-6-12-23/h8-9,14,20H,3-7,10-13,15H2,1-2H3,(H,22,26)/t20-/m0/s1. The average molecular weight is 438 g/mol. The lowest BCUT2D eigenvalue weighted by atomic mass is 10.1. The van der Waals surface area contributed by atoms with Gasteiger partial charge < -0.3 is 10.1 Å². The number of amides is 2. The molecule has 1 saturated heterocycles. The molecule has 9 heteroatoms. The second kappa shape index (κ2) is 9.89. The number of nitrogens with zero attached hydrogens (tertiary/aromatic N) is 2. The van der Waals surface area contributed by atoms with Crippen LogP contribution in [0, 0.1) is 0 Å². The Labute approximate surface area is 178 Å². The summed E-state index contributed by atoms with van der Waals surface area (Å²) in [6.45, 7) is 6.06. The van der Waals surface area contributed by atoms with E-state index in [0.717, 1.165) is 19.3 Å². The SMILES string of the molecule is CCOCCCNC(=O)[C@@H]1Cc2cc(S(=O)(=O)N3CCCCC3)ccc2N1C(C)=O. The summed E-state index contributed by atoms with van der Waals surface area (Å²) in [5.74, 6) is -0.479. The van der Waals surface area contributed by atoms with E-state index in [2.05, 4.69) is 5.32 Å². The summed E-state index contributed by atoms with van der Waals surface area (Å²) in [7, 11) is -3.57. The van der Waals surface area contributed by atoms with Crippen molar-refractivity contribution < 1.29 is 22.7 Å². The molecule has 0 unspecified atom stereocenters. The zero-order valence-corrected chi connectivity index (χ0v) is 18.5. The first kappa shape index (κ1) is 22.7. The molecule has 0 aromatic heterocycles. The second-order valence-corrected chi connectivity index (χ2v) is 9.64. The highest BCUT2D eigenvalue weighted by atomic mass is 32.2. The lowest BCUT2D eigenvalue weighted by Gasteiger charge is -2.26. The normalized spacial score (nSPS) is 19.5. The number of benzene rings is 1. The van der Waals surface area contributed by atoms with E-state index in [-0.39, 0.29) is 16.7 Å². The van der Waals surface area contributed by atoms with Crippen molar-refractivity contribution in [1.29, 1.82) is 0 Å². The Morgan fingerprint density at radius 1 is 1.20 bits per heavy atom. The lowest BCUT2D eigenvalue weighted by molar-refractivity contribution is -0.125. The fourth-order valence-corrected chi connectivity index (χ4v) is 5.66. The molecule has 30 heavy (non-hydrogen) atoms. The van der Waals surface area contributed by atoms with E-state index in [9.17, 15) is 18.0 Å². The number of ether oxygens (including phenoxy) is 1. The number of nitrogens with one attached hydrogen (secondary N) is 1. The van der Waals surface area contributed by atoms with Crippen LogP contribution in [0.3, 0.4) is 0 Å². The third-order valence-electron chi connectivity index (χ3n) is 5.60. The molecule has 2 heterocycles. The third-order valence-corrected chi connectivity index (χ3v) is 7.49. The molecule has 0 bridgehead atoms. The smallest absolute Gasteiger partial charge is 0.243 e. The molecule has 2 aliphatic heterocycles. The Hall–Kier alpha value is -1.97. The van der Waals surface area contributed by atoms with Gasteiger partial charge in [0.05, 0.1) is 4.90 Å². The highest BCUT2D eigenvalue weighted by Gasteiger charge is 2.38. The van der Waals surface area contributed by atoms with Crippen LogP contribution < -0.4 is 10.2 Å². The first-order valence-electron chi connectivity index (χ1n) is 10.6. The molecule has 1 aromatic carbocycles. The highest BCUT2D eigenvalue weighted by molar-refractivity contribution is 7.89. The predicted molar refractivity (Wildman–Crippen MR) is 114 cm³/mol. The zero-order valence-electron chi connectivity index (χ0n) is 17.7. The van der Waals surface area contributed by atoms with E-state index in [0.29, 0.717) is 56.9 Å². The van der Waals surface area contributed by atoms with Crippen molar-refractivity contribution in [3.05, 3.63) is 23.8 Å². The lowest BCUT2D eigenvalue weighted by Crippen LogP contribution is -2.47. The summed E-state index contributed by atoms with van der Waals surface area (Å²) in [5, 5.41) is 2.86. The average Bonchev–Trinajstić information content (AvgIpc) is 3.13. The van der Waals surface area contributed by atoms with Gasteiger partial charge in [0.25, 0.3) is 0 Å². The number of rotatable bonds is 8. The predicted octanol–water partition coefficient (Wildman–Crippen LogP) is 1.68. The summed E-state index contributed by atoms with van der Waals surface area (Å²) < 4.78 is 32.8. The van der Waals surface area contributed by atoms with Crippen LogP contribution in [-0.2, 0) is 30.8 Å². The molecule has 2 aliphatic rings. The van der Waals surface area contributed by atoms with Crippen LogP contribution in [0.1, 0.15) is 45.1 Å². The van der Waals surface area contributed by atoms with E-state index in [1.54, 1.807) is 18.2 Å². The van der Waals surface area contributed by atoms with E-state index in [1.807, 2.05) is 6.92 Å². The van der Waals surface area contributed by atoms with E-state index >= 15 is 0 Å². The summed E-state index contributed by atoms with van der Waals surface area (Å²) in [6, 6.07) is 4.15. The minimum absolute atomic E-state index is 0.226. The quantitative estimate of drug-likeness (QED) is 0.625. The van der Waals surface area contributed by atoms with Crippen LogP contribution in [0.15, 0.2) is 23.1 Å². The van der Waals surface area contributed by atoms with Gasteiger partial charge in [0.1, 0.15) is 6.04 Å². The molecule has 8 nitrogen and oxygen atoms in total. The maximum atomic E-state index is 13.0. The molecular weight excluding hydrogens is 406 g/mol. The van der Waals surface area contributed by atoms with E-state index in [4.69, 9.17) is 4.74 Å². The van der Waals surface area contributed by atoms with Crippen molar-refractivity contribution in [3.8, 4) is 0 Å². The van der Waals surface area contributed by atoms with Crippen molar-refractivity contribution in [2.24, 2.45) is 0 Å². The van der Waals surface area contributed by atoms with Crippen LogP contribution >= 0.6 is 0 Å². The van der Waals surface area contributed by atoms with Gasteiger partial charge in [0, 0.05) is 51.9 Å². The van der Waals surface area contributed by atoms with Crippen molar-refractivity contribution in [1.82, 2.24) is 9.62 Å². The van der Waals surface area contributed by atoms with Crippen LogP contribution in [0.5, 0.6) is 0 Å². The van der Waals surface area contributed by atoms with Crippen molar-refractivity contribution in [3.63, 3.8) is 0 Å². The Morgan fingerprint density at radius 3 is 2.60 bits per heavy atom. The monoisotopic (exact) mass is 437 g/mol. The minimum atomic E-state index is -3.57. The summed E-state index contributed by atoms with van der Waals surface area (Å²) in [5.41, 5.74) is 1.31. The molecule has 1 aromatic rings. The fourth-order valence-electron chi connectivity index (χ4n) is 4.09. The summed E-state index contributed by atoms with van der Waals surface area (Å²) in [6.07, 6.45) is 3.78. The van der Waals surface area contributed by atoms with Gasteiger partial charge in [-0.05, 0) is 49.9 Å². The zero-order chi connectivity index (χ0) is 21.7. The van der Waals surface area contributed by atoms with Gasteiger partial charge in [-0.2, -0.15) is 4.31 Å². The highest BCUT2D eigenvalue weighted by Crippen LogP contribution is 2.35. The van der Waals surface area contributed by atoms with Crippen LogP contribution in [-0.4, -0.2) is 63.4 Å². The van der Waals surface area contributed by atoms with E-state index < -0.39 is 16.1 Å². The topological polar surface area (TPSA) is 96.0 Å². The van der Waals surface area contributed by atoms with Gasteiger partial charge in [-0.25, -0.2) is 8.42 Å². The molecule has 166 valence electrons. The molecule has 1 N–H and O–H groups in total. The number of carbonyl (C=O) groups is 2. The number of carbonyl (C=O) groups excluding carboxylic acids is 2. The van der Waals surface area contributed by atoms with Crippen molar-refractivity contribution >= 4 is 27.5 Å². The number of fused-ring (bicyclic) bond motifs is 1. The van der Waals surface area contributed by atoms with Gasteiger partial charge >= 0.3 is 0 Å². The van der Waals surface area contributed by atoms with Gasteiger partial charge in [-0.3, -0.25) is 14.5 Å². The molecule has 3 rings (SSSR count). The van der Waals surface area contributed by atoms with Crippen LogP contribution in [0.4, 0.5) is 5.69 Å². The summed E-state index contributed by atoms with van der Waals surface area (Å²) >= 11 is 0. The van der Waals surface area contributed by atoms with Crippen molar-refractivity contribution in [2.75, 3.05) is 37.7 Å². The Kier molecular flexibility index (Phi) is 7.49. The Morgan fingerprint density at radius 2 is 1.93 bits per heavy atom. The van der Waals surface area contributed by atoms with Gasteiger partial charge in [-0.15, -0.1) is 0 Å². The van der Waals surface area contributed by atoms with Crippen LogP contribution in [0.25, 0.3) is 0 Å². The molecule has 0 saturated carbocycles. The molecule has 0 radical (unpaired) electrons. The molecular formula is C21H31N3O5S.